The van der Waals surface area contributed by atoms with Crippen LogP contribution in [0.4, 0.5) is 5.82 Å². The molecule has 1 aliphatic heterocycles. The Labute approximate surface area is 120 Å². The zero-order valence-corrected chi connectivity index (χ0v) is 12.5. The van der Waals surface area contributed by atoms with Crippen molar-refractivity contribution in [2.24, 2.45) is 5.73 Å². The average molecular weight is 279 g/mol. The summed E-state index contributed by atoms with van der Waals surface area (Å²) in [6.07, 6.45) is 1.21. The number of ether oxygens (including phenoxy) is 1. The van der Waals surface area contributed by atoms with Crippen LogP contribution in [-0.2, 0) is 4.74 Å². The average Bonchev–Trinajstić information content (AvgIpc) is 2.38. The van der Waals surface area contributed by atoms with Gasteiger partial charge in [-0.25, -0.2) is 4.98 Å². The van der Waals surface area contributed by atoms with Gasteiger partial charge in [0.25, 0.3) is 0 Å². The molecule has 2 unspecified atom stereocenters. The number of aromatic nitrogens is 1. The molecule has 104 valence electrons. The molecule has 0 aromatic carbocycles. The van der Waals surface area contributed by atoms with E-state index in [9.17, 15) is 0 Å². The summed E-state index contributed by atoms with van der Waals surface area (Å²) in [5.74, 6) is 0.898. The molecule has 2 rings (SSSR count). The molecule has 4 nitrogen and oxygen atoms in total. The van der Waals surface area contributed by atoms with E-state index in [0.717, 1.165) is 36.6 Å². The van der Waals surface area contributed by atoms with Crippen LogP contribution in [0.15, 0.2) is 12.1 Å². The molecule has 0 radical (unpaired) electrons. The monoisotopic (exact) mass is 279 g/mol. The molecule has 1 aliphatic rings. The first-order valence-corrected chi connectivity index (χ1v) is 7.09. The molecule has 0 spiro atoms. The van der Waals surface area contributed by atoms with Crippen molar-refractivity contribution in [3.05, 3.63) is 23.4 Å². The summed E-state index contributed by atoms with van der Waals surface area (Å²) in [6.45, 7) is 7.77. The molecule has 0 saturated carbocycles. The highest BCUT2D eigenvalue weighted by molar-refractivity contribution is 7.80. The van der Waals surface area contributed by atoms with E-state index in [1.165, 1.54) is 0 Å². The number of aryl methyl sites for hydroxylation is 1. The lowest BCUT2D eigenvalue weighted by atomic mass is 10.1. The van der Waals surface area contributed by atoms with E-state index >= 15 is 0 Å². The Hall–Kier alpha value is -1.20. The van der Waals surface area contributed by atoms with Crippen LogP contribution >= 0.6 is 12.2 Å². The van der Waals surface area contributed by atoms with Gasteiger partial charge in [0, 0.05) is 12.2 Å². The summed E-state index contributed by atoms with van der Waals surface area (Å²) in [5.41, 5.74) is 7.66. The molecule has 19 heavy (non-hydrogen) atoms. The van der Waals surface area contributed by atoms with Crippen molar-refractivity contribution in [3.8, 4) is 0 Å². The van der Waals surface area contributed by atoms with Crippen LogP contribution in [0.1, 0.15) is 31.5 Å². The van der Waals surface area contributed by atoms with Gasteiger partial charge in [0.05, 0.1) is 24.3 Å². The second kappa shape index (κ2) is 5.84. The van der Waals surface area contributed by atoms with Crippen molar-refractivity contribution in [1.29, 1.82) is 0 Å². The number of hydrogen-bond acceptors (Lipinski definition) is 4. The fraction of sp³-hybridized carbons (Fsp3) is 0.571. The molecule has 2 atom stereocenters. The largest absolute Gasteiger partial charge is 0.389 e. The first-order chi connectivity index (χ1) is 9.02. The Morgan fingerprint density at radius 1 is 1.58 bits per heavy atom. The van der Waals surface area contributed by atoms with E-state index in [-0.39, 0.29) is 6.10 Å². The van der Waals surface area contributed by atoms with Gasteiger partial charge in [-0.05, 0) is 32.4 Å². The lowest BCUT2D eigenvalue weighted by molar-refractivity contribution is 0.0296. The van der Waals surface area contributed by atoms with Crippen LogP contribution in [0.25, 0.3) is 0 Å². The maximum Gasteiger partial charge on any atom is 0.139 e. The van der Waals surface area contributed by atoms with Gasteiger partial charge in [-0.1, -0.05) is 19.1 Å². The van der Waals surface area contributed by atoms with Gasteiger partial charge in [0.2, 0.25) is 0 Å². The molecular formula is C14H21N3OS. The molecule has 2 heterocycles. The van der Waals surface area contributed by atoms with Gasteiger partial charge in [-0.15, -0.1) is 0 Å². The standard InChI is InChI=1S/C14H21N3OS/c1-4-11-8-18-10(3)7-17(11)14-12(13(15)19)6-5-9(2)16-14/h5-6,10-11H,4,7-8H2,1-3H3,(H2,15,19). The molecule has 1 aromatic heterocycles. The Morgan fingerprint density at radius 3 is 2.95 bits per heavy atom. The SMILES string of the molecule is CCC1COC(C)CN1c1nc(C)ccc1C(N)=S. The van der Waals surface area contributed by atoms with E-state index in [0.29, 0.717) is 11.0 Å². The highest BCUT2D eigenvalue weighted by Gasteiger charge is 2.28. The summed E-state index contributed by atoms with van der Waals surface area (Å²) in [5, 5.41) is 0. The quantitative estimate of drug-likeness (QED) is 0.858. The minimum absolute atomic E-state index is 0.198. The van der Waals surface area contributed by atoms with Gasteiger partial charge in [-0.2, -0.15) is 0 Å². The molecule has 0 bridgehead atoms. The summed E-state index contributed by atoms with van der Waals surface area (Å²) < 4.78 is 5.73. The minimum Gasteiger partial charge on any atom is -0.389 e. The maximum absolute atomic E-state index is 5.83. The van der Waals surface area contributed by atoms with Gasteiger partial charge < -0.3 is 15.4 Å². The van der Waals surface area contributed by atoms with Crippen LogP contribution < -0.4 is 10.6 Å². The van der Waals surface area contributed by atoms with Crippen molar-refractivity contribution in [2.45, 2.75) is 39.3 Å². The summed E-state index contributed by atoms with van der Waals surface area (Å²) in [7, 11) is 0. The molecular weight excluding hydrogens is 258 g/mol. The summed E-state index contributed by atoms with van der Waals surface area (Å²) in [4.78, 5) is 7.34. The number of pyridine rings is 1. The van der Waals surface area contributed by atoms with Crippen molar-refractivity contribution >= 4 is 23.0 Å². The third kappa shape index (κ3) is 3.04. The third-order valence-corrected chi connectivity index (χ3v) is 3.71. The Kier molecular flexibility index (Phi) is 4.37. The van der Waals surface area contributed by atoms with Crippen LogP contribution in [0.2, 0.25) is 0 Å². The predicted molar refractivity (Wildman–Crippen MR) is 81.7 cm³/mol. The Balaban J connectivity index is 2.42. The van der Waals surface area contributed by atoms with Crippen molar-refractivity contribution in [3.63, 3.8) is 0 Å². The van der Waals surface area contributed by atoms with Crippen LogP contribution in [0, 0.1) is 6.92 Å². The number of anilines is 1. The zero-order chi connectivity index (χ0) is 14.0. The number of hydrogen-bond donors (Lipinski definition) is 1. The molecule has 1 fully saturated rings. The zero-order valence-electron chi connectivity index (χ0n) is 11.7. The number of morpholine rings is 1. The van der Waals surface area contributed by atoms with E-state index in [1.54, 1.807) is 0 Å². The van der Waals surface area contributed by atoms with Crippen molar-refractivity contribution in [1.82, 2.24) is 4.98 Å². The fourth-order valence-electron chi connectivity index (χ4n) is 2.40. The van der Waals surface area contributed by atoms with E-state index < -0.39 is 0 Å². The van der Waals surface area contributed by atoms with E-state index in [2.05, 4.69) is 23.7 Å². The number of rotatable bonds is 3. The van der Waals surface area contributed by atoms with Gasteiger partial charge in [0.1, 0.15) is 10.8 Å². The highest BCUT2D eigenvalue weighted by atomic mass is 32.1. The number of nitrogens with two attached hydrogens (primary N) is 1. The third-order valence-electron chi connectivity index (χ3n) is 3.49. The molecule has 0 amide bonds. The lowest BCUT2D eigenvalue weighted by Gasteiger charge is -2.40. The van der Waals surface area contributed by atoms with Crippen LogP contribution in [-0.4, -0.2) is 35.3 Å². The van der Waals surface area contributed by atoms with E-state index in [4.69, 9.17) is 22.7 Å². The number of nitrogens with zero attached hydrogens (tertiary/aromatic N) is 2. The smallest absolute Gasteiger partial charge is 0.139 e. The molecule has 5 heteroatoms. The first kappa shape index (κ1) is 14.2. The van der Waals surface area contributed by atoms with Gasteiger partial charge in [0.15, 0.2) is 0 Å². The molecule has 1 saturated heterocycles. The normalized spacial score (nSPS) is 23.4. The molecule has 2 N–H and O–H groups in total. The van der Waals surface area contributed by atoms with Crippen molar-refractivity contribution < 1.29 is 4.74 Å². The second-order valence-electron chi connectivity index (χ2n) is 5.05. The van der Waals surface area contributed by atoms with Crippen molar-refractivity contribution in [2.75, 3.05) is 18.1 Å². The van der Waals surface area contributed by atoms with Crippen LogP contribution in [0.3, 0.4) is 0 Å². The summed E-state index contributed by atoms with van der Waals surface area (Å²) in [6, 6.07) is 4.24. The summed E-state index contributed by atoms with van der Waals surface area (Å²) >= 11 is 5.15. The Morgan fingerprint density at radius 2 is 2.32 bits per heavy atom. The second-order valence-corrected chi connectivity index (χ2v) is 5.49. The van der Waals surface area contributed by atoms with Gasteiger partial charge in [-0.3, -0.25) is 0 Å². The predicted octanol–water partition coefficient (Wildman–Crippen LogP) is 2.03. The Bertz CT molecular complexity index is 478. The highest BCUT2D eigenvalue weighted by Crippen LogP contribution is 2.25. The van der Waals surface area contributed by atoms with E-state index in [1.807, 2.05) is 19.1 Å². The number of thiocarbonyl (C=S) groups is 1. The lowest BCUT2D eigenvalue weighted by Crippen LogP contribution is -2.49. The molecule has 0 aliphatic carbocycles. The molecule has 1 aromatic rings. The topological polar surface area (TPSA) is 51.4 Å². The maximum atomic E-state index is 5.83. The van der Waals surface area contributed by atoms with Gasteiger partial charge >= 0.3 is 0 Å². The minimum atomic E-state index is 0.198. The van der Waals surface area contributed by atoms with Crippen LogP contribution in [0.5, 0.6) is 0 Å². The first-order valence-electron chi connectivity index (χ1n) is 6.68. The fourth-order valence-corrected chi connectivity index (χ4v) is 2.56.